The van der Waals surface area contributed by atoms with Crippen LogP contribution in [-0.4, -0.2) is 26.9 Å². The summed E-state index contributed by atoms with van der Waals surface area (Å²) >= 11 is 0. The maximum absolute atomic E-state index is 12.4. The molecule has 0 unspecified atom stereocenters. The van der Waals surface area contributed by atoms with Crippen molar-refractivity contribution in [3.63, 3.8) is 0 Å². The topological polar surface area (TPSA) is 39.7 Å². The summed E-state index contributed by atoms with van der Waals surface area (Å²) in [5, 5.41) is 3.34. The van der Waals surface area contributed by atoms with Gasteiger partial charge in [0.05, 0.1) is 14.2 Å². The zero-order valence-corrected chi connectivity index (χ0v) is 10.9. The number of halogens is 2. The molecule has 6 heteroatoms. The molecule has 1 aromatic carbocycles. The Balaban J connectivity index is 2.21. The summed E-state index contributed by atoms with van der Waals surface area (Å²) in [6, 6.07) is 3.92. The Morgan fingerprint density at radius 2 is 1.79 bits per heavy atom. The third-order valence-corrected chi connectivity index (χ3v) is 2.90. The molecule has 0 bridgehead atoms. The lowest BCUT2D eigenvalue weighted by molar-refractivity contribution is -0.0526. The minimum Gasteiger partial charge on any atom is -0.493 e. The van der Waals surface area contributed by atoms with Gasteiger partial charge in [-0.15, -0.1) is 0 Å². The van der Waals surface area contributed by atoms with Gasteiger partial charge in [0, 0.05) is 12.6 Å². The van der Waals surface area contributed by atoms with Gasteiger partial charge in [-0.25, -0.2) is 0 Å². The van der Waals surface area contributed by atoms with Crippen molar-refractivity contribution >= 4 is 0 Å². The Labute approximate surface area is 110 Å². The summed E-state index contributed by atoms with van der Waals surface area (Å²) in [6.07, 6.45) is 2.36. The van der Waals surface area contributed by atoms with Gasteiger partial charge in [0.2, 0.25) is 5.75 Å². The summed E-state index contributed by atoms with van der Waals surface area (Å²) in [6.45, 7) is -2.27. The number of alkyl halides is 2. The number of benzene rings is 1. The number of hydrogen-bond donors (Lipinski definition) is 1. The second kappa shape index (κ2) is 6.06. The molecule has 0 aliphatic heterocycles. The van der Waals surface area contributed by atoms with Crippen LogP contribution in [0.2, 0.25) is 0 Å². The average Bonchev–Trinajstić information content (AvgIpc) is 3.20. The lowest BCUT2D eigenvalue weighted by atomic mass is 10.1. The van der Waals surface area contributed by atoms with E-state index in [1.54, 1.807) is 12.1 Å². The quantitative estimate of drug-likeness (QED) is 0.828. The first-order valence-corrected chi connectivity index (χ1v) is 6.07. The van der Waals surface area contributed by atoms with Gasteiger partial charge in [-0.05, 0) is 30.5 Å². The van der Waals surface area contributed by atoms with E-state index >= 15 is 0 Å². The van der Waals surface area contributed by atoms with Crippen LogP contribution in [-0.2, 0) is 6.54 Å². The van der Waals surface area contributed by atoms with Crippen LogP contribution in [0.3, 0.4) is 0 Å². The SMILES string of the molecule is COc1cc(CNC2CC2)cc(OC)c1OC(F)F. The molecule has 106 valence electrons. The first kappa shape index (κ1) is 13.9. The minimum absolute atomic E-state index is 0.0739. The van der Waals surface area contributed by atoms with Crippen molar-refractivity contribution < 1.29 is 23.0 Å². The Bertz CT molecular complexity index is 411. The van der Waals surface area contributed by atoms with Crippen molar-refractivity contribution in [3.8, 4) is 17.2 Å². The van der Waals surface area contributed by atoms with Gasteiger partial charge in [0.15, 0.2) is 11.5 Å². The Morgan fingerprint density at radius 1 is 1.21 bits per heavy atom. The van der Waals surface area contributed by atoms with Gasteiger partial charge in [-0.3, -0.25) is 0 Å². The van der Waals surface area contributed by atoms with Crippen molar-refractivity contribution in [1.82, 2.24) is 5.32 Å². The predicted molar refractivity (Wildman–Crippen MR) is 66.0 cm³/mol. The highest BCUT2D eigenvalue weighted by Gasteiger charge is 2.22. The fraction of sp³-hybridized carbons (Fsp3) is 0.538. The van der Waals surface area contributed by atoms with Crippen LogP contribution in [0, 0.1) is 0 Å². The zero-order chi connectivity index (χ0) is 13.8. The number of hydrogen-bond acceptors (Lipinski definition) is 4. The van der Waals surface area contributed by atoms with Gasteiger partial charge in [0.25, 0.3) is 0 Å². The molecule has 0 atom stereocenters. The smallest absolute Gasteiger partial charge is 0.387 e. The number of methoxy groups -OCH3 is 2. The molecule has 1 N–H and O–H groups in total. The molecule has 0 saturated heterocycles. The summed E-state index contributed by atoms with van der Waals surface area (Å²) < 4.78 is 39.4. The van der Waals surface area contributed by atoms with Crippen molar-refractivity contribution in [2.75, 3.05) is 14.2 Å². The molecule has 0 amide bonds. The molecule has 0 spiro atoms. The summed E-state index contributed by atoms with van der Waals surface area (Å²) in [5.74, 6) is 0.412. The minimum atomic E-state index is -2.92. The predicted octanol–water partition coefficient (Wildman–Crippen LogP) is 2.56. The van der Waals surface area contributed by atoms with Gasteiger partial charge >= 0.3 is 6.61 Å². The average molecular weight is 273 g/mol. The molecule has 0 radical (unpaired) electrons. The Hall–Kier alpha value is -1.56. The molecule has 19 heavy (non-hydrogen) atoms. The third-order valence-electron chi connectivity index (χ3n) is 2.90. The van der Waals surface area contributed by atoms with E-state index in [0.29, 0.717) is 12.6 Å². The van der Waals surface area contributed by atoms with Crippen LogP contribution in [0.25, 0.3) is 0 Å². The van der Waals surface area contributed by atoms with E-state index < -0.39 is 6.61 Å². The standard InChI is InChI=1S/C13H17F2NO3/c1-17-10-5-8(7-16-9-3-4-9)6-11(18-2)12(10)19-13(14)15/h5-6,9,13,16H,3-4,7H2,1-2H3. The summed E-state index contributed by atoms with van der Waals surface area (Å²) in [5.41, 5.74) is 0.905. The maximum atomic E-state index is 12.4. The van der Waals surface area contributed by atoms with E-state index in [-0.39, 0.29) is 17.2 Å². The first-order chi connectivity index (χ1) is 9.13. The monoisotopic (exact) mass is 273 g/mol. The highest BCUT2D eigenvalue weighted by atomic mass is 19.3. The van der Waals surface area contributed by atoms with Gasteiger partial charge in [-0.2, -0.15) is 8.78 Å². The van der Waals surface area contributed by atoms with Crippen LogP contribution in [0.1, 0.15) is 18.4 Å². The Morgan fingerprint density at radius 3 is 2.21 bits per heavy atom. The van der Waals surface area contributed by atoms with E-state index in [4.69, 9.17) is 9.47 Å². The van der Waals surface area contributed by atoms with E-state index in [2.05, 4.69) is 10.1 Å². The molecule has 1 aromatic rings. The van der Waals surface area contributed by atoms with Crippen molar-refractivity contribution in [2.24, 2.45) is 0 Å². The van der Waals surface area contributed by atoms with Crippen LogP contribution in [0.5, 0.6) is 17.2 Å². The van der Waals surface area contributed by atoms with Gasteiger partial charge in [0.1, 0.15) is 0 Å². The molecule has 0 heterocycles. The summed E-state index contributed by atoms with van der Waals surface area (Å²) in [4.78, 5) is 0. The van der Waals surface area contributed by atoms with Gasteiger partial charge in [-0.1, -0.05) is 0 Å². The van der Waals surface area contributed by atoms with Crippen LogP contribution >= 0.6 is 0 Å². The third kappa shape index (κ3) is 3.70. The summed E-state index contributed by atoms with van der Waals surface area (Å²) in [7, 11) is 2.82. The van der Waals surface area contributed by atoms with Crippen LogP contribution in [0.4, 0.5) is 8.78 Å². The van der Waals surface area contributed by atoms with Crippen molar-refractivity contribution in [1.29, 1.82) is 0 Å². The second-order valence-electron chi connectivity index (χ2n) is 4.36. The molecule has 1 aliphatic rings. The molecule has 1 aliphatic carbocycles. The number of ether oxygens (including phenoxy) is 3. The number of rotatable bonds is 7. The maximum Gasteiger partial charge on any atom is 0.387 e. The van der Waals surface area contributed by atoms with E-state index in [1.807, 2.05) is 0 Å². The van der Waals surface area contributed by atoms with Gasteiger partial charge < -0.3 is 19.5 Å². The van der Waals surface area contributed by atoms with Crippen LogP contribution in [0.15, 0.2) is 12.1 Å². The lowest BCUT2D eigenvalue weighted by Crippen LogP contribution is -2.15. The highest BCUT2D eigenvalue weighted by molar-refractivity contribution is 5.53. The molecule has 2 rings (SSSR count). The molecule has 4 nitrogen and oxygen atoms in total. The van der Waals surface area contributed by atoms with E-state index in [9.17, 15) is 8.78 Å². The lowest BCUT2D eigenvalue weighted by Gasteiger charge is -2.15. The first-order valence-electron chi connectivity index (χ1n) is 6.07. The van der Waals surface area contributed by atoms with E-state index in [1.165, 1.54) is 27.1 Å². The molecular formula is C13H17F2NO3. The largest absolute Gasteiger partial charge is 0.493 e. The fourth-order valence-corrected chi connectivity index (χ4v) is 1.79. The highest BCUT2D eigenvalue weighted by Crippen LogP contribution is 2.39. The van der Waals surface area contributed by atoms with E-state index in [0.717, 1.165) is 5.56 Å². The normalized spacial score (nSPS) is 14.6. The fourth-order valence-electron chi connectivity index (χ4n) is 1.79. The molecule has 1 fully saturated rings. The Kier molecular flexibility index (Phi) is 4.42. The molecule has 1 saturated carbocycles. The molecule has 0 aromatic heterocycles. The second-order valence-corrected chi connectivity index (χ2v) is 4.36. The molecular weight excluding hydrogens is 256 g/mol. The van der Waals surface area contributed by atoms with Crippen molar-refractivity contribution in [2.45, 2.75) is 32.0 Å². The zero-order valence-electron chi connectivity index (χ0n) is 10.9. The van der Waals surface area contributed by atoms with Crippen molar-refractivity contribution in [3.05, 3.63) is 17.7 Å². The number of nitrogens with one attached hydrogen (secondary N) is 1. The van der Waals surface area contributed by atoms with Crippen LogP contribution < -0.4 is 19.5 Å².